The average Bonchev–Trinajstić information content (AvgIpc) is 2.98. The predicted octanol–water partition coefficient (Wildman–Crippen LogP) is 1.88. The summed E-state index contributed by atoms with van der Waals surface area (Å²) in [4.78, 5) is 2.51. The summed E-state index contributed by atoms with van der Waals surface area (Å²) in [6.07, 6.45) is 1.90. The number of aromatic nitrogens is 2. The van der Waals surface area contributed by atoms with Gasteiger partial charge in [0, 0.05) is 43.5 Å². The lowest BCUT2D eigenvalue weighted by Gasteiger charge is -2.35. The number of nitrogens with one attached hydrogen (secondary N) is 2. The molecule has 1 fully saturated rings. The highest BCUT2D eigenvalue weighted by molar-refractivity contribution is 5.20. The molecule has 0 spiro atoms. The normalized spacial score (nSPS) is 17.5. The maximum absolute atomic E-state index is 5.49. The van der Waals surface area contributed by atoms with Gasteiger partial charge < -0.3 is 10.1 Å². The summed E-state index contributed by atoms with van der Waals surface area (Å²) in [5.41, 5.74) is 3.73. The molecule has 1 aromatic carbocycles. The Labute approximate surface area is 131 Å². The van der Waals surface area contributed by atoms with Crippen molar-refractivity contribution in [2.24, 2.45) is 0 Å². The van der Waals surface area contributed by atoms with Gasteiger partial charge in [-0.1, -0.05) is 30.3 Å². The average molecular weight is 300 g/mol. The quantitative estimate of drug-likeness (QED) is 0.855. The molecule has 22 heavy (non-hydrogen) atoms. The number of ether oxygens (including phenoxy) is 1. The van der Waals surface area contributed by atoms with Gasteiger partial charge in [0.1, 0.15) is 0 Å². The minimum absolute atomic E-state index is 0.386. The van der Waals surface area contributed by atoms with Crippen molar-refractivity contribution >= 4 is 0 Å². The van der Waals surface area contributed by atoms with Crippen LogP contribution < -0.4 is 5.32 Å². The minimum atomic E-state index is 0.386. The van der Waals surface area contributed by atoms with Crippen LogP contribution in [-0.4, -0.2) is 47.9 Å². The second-order valence-electron chi connectivity index (χ2n) is 5.73. The van der Waals surface area contributed by atoms with Crippen LogP contribution in [0, 0.1) is 6.92 Å². The Bertz CT molecular complexity index is 563. The van der Waals surface area contributed by atoms with Crippen molar-refractivity contribution in [3.63, 3.8) is 0 Å². The zero-order valence-corrected chi connectivity index (χ0v) is 13.1. The molecule has 2 heterocycles. The van der Waals surface area contributed by atoms with E-state index in [1.165, 1.54) is 11.1 Å². The van der Waals surface area contributed by atoms with Gasteiger partial charge >= 0.3 is 0 Å². The Morgan fingerprint density at radius 3 is 2.73 bits per heavy atom. The molecule has 0 amide bonds. The van der Waals surface area contributed by atoms with E-state index < -0.39 is 0 Å². The number of H-pyrrole nitrogens is 1. The second kappa shape index (κ2) is 7.54. The number of aryl methyl sites for hydroxylation is 1. The van der Waals surface area contributed by atoms with Crippen molar-refractivity contribution in [1.82, 2.24) is 20.4 Å². The Morgan fingerprint density at radius 1 is 1.27 bits per heavy atom. The molecule has 1 aromatic heterocycles. The Morgan fingerprint density at radius 2 is 2.05 bits per heavy atom. The molecule has 118 valence electrons. The van der Waals surface area contributed by atoms with Gasteiger partial charge in [0.25, 0.3) is 0 Å². The van der Waals surface area contributed by atoms with E-state index in [4.69, 9.17) is 4.74 Å². The van der Waals surface area contributed by atoms with Crippen LogP contribution in [-0.2, 0) is 11.3 Å². The van der Waals surface area contributed by atoms with Crippen molar-refractivity contribution in [1.29, 1.82) is 0 Å². The molecule has 0 aliphatic carbocycles. The van der Waals surface area contributed by atoms with E-state index >= 15 is 0 Å². The Balaban J connectivity index is 1.64. The molecular weight excluding hydrogens is 276 g/mol. The maximum Gasteiger partial charge on any atom is 0.0594 e. The van der Waals surface area contributed by atoms with E-state index in [-0.39, 0.29) is 0 Å². The third-order valence-corrected chi connectivity index (χ3v) is 4.26. The molecule has 1 aliphatic rings. The van der Waals surface area contributed by atoms with Gasteiger partial charge in [-0.3, -0.25) is 10.00 Å². The van der Waals surface area contributed by atoms with Gasteiger partial charge in [0.05, 0.1) is 19.4 Å². The molecular formula is C17H24N4O. The number of nitrogens with zero attached hydrogens (tertiary/aromatic N) is 2. The summed E-state index contributed by atoms with van der Waals surface area (Å²) < 4.78 is 5.49. The number of rotatable bonds is 6. The first-order valence-electron chi connectivity index (χ1n) is 7.91. The lowest BCUT2D eigenvalue weighted by molar-refractivity contribution is 0.0161. The van der Waals surface area contributed by atoms with Gasteiger partial charge in [-0.2, -0.15) is 5.10 Å². The topological polar surface area (TPSA) is 53.2 Å². The third-order valence-electron chi connectivity index (χ3n) is 4.26. The van der Waals surface area contributed by atoms with Crippen LogP contribution in [0.3, 0.4) is 0 Å². The Hall–Kier alpha value is -1.69. The fraction of sp³-hybridized carbons (Fsp3) is 0.471. The second-order valence-corrected chi connectivity index (χ2v) is 5.73. The summed E-state index contributed by atoms with van der Waals surface area (Å²) in [5, 5.41) is 10.6. The first kappa shape index (κ1) is 15.2. The lowest BCUT2D eigenvalue weighted by atomic mass is 10.0. The molecule has 1 saturated heterocycles. The van der Waals surface area contributed by atoms with Gasteiger partial charge in [-0.05, 0) is 12.5 Å². The zero-order chi connectivity index (χ0) is 15.2. The standard InChI is InChI=1S/C17H24N4O/c1-14-16(12-19-20-14)11-18-13-17(15-5-3-2-4-6-15)21-7-9-22-10-8-21/h2-6,12,17-18H,7-11,13H2,1H3,(H,19,20)/t17-/m0/s1. The highest BCUT2D eigenvalue weighted by Gasteiger charge is 2.22. The first-order valence-corrected chi connectivity index (χ1v) is 7.91. The van der Waals surface area contributed by atoms with Crippen molar-refractivity contribution in [2.45, 2.75) is 19.5 Å². The van der Waals surface area contributed by atoms with E-state index in [9.17, 15) is 0 Å². The van der Waals surface area contributed by atoms with Crippen LogP contribution in [0.25, 0.3) is 0 Å². The summed E-state index contributed by atoms with van der Waals surface area (Å²) >= 11 is 0. The first-order chi connectivity index (χ1) is 10.8. The number of aromatic amines is 1. The molecule has 5 nitrogen and oxygen atoms in total. The summed E-state index contributed by atoms with van der Waals surface area (Å²) in [7, 11) is 0. The molecule has 0 radical (unpaired) electrons. The van der Waals surface area contributed by atoms with Gasteiger partial charge in [-0.25, -0.2) is 0 Å². The highest BCUT2D eigenvalue weighted by Crippen LogP contribution is 2.21. The summed E-state index contributed by atoms with van der Waals surface area (Å²) in [6.45, 7) is 7.46. The number of benzene rings is 1. The number of hydrogen-bond acceptors (Lipinski definition) is 4. The largest absolute Gasteiger partial charge is 0.379 e. The smallest absolute Gasteiger partial charge is 0.0594 e. The molecule has 2 aromatic rings. The molecule has 1 atom stereocenters. The van der Waals surface area contributed by atoms with E-state index in [1.54, 1.807) is 0 Å². The molecule has 1 aliphatic heterocycles. The fourth-order valence-electron chi connectivity index (χ4n) is 2.92. The van der Waals surface area contributed by atoms with Crippen molar-refractivity contribution in [3.05, 3.63) is 53.3 Å². The van der Waals surface area contributed by atoms with Crippen molar-refractivity contribution < 1.29 is 4.74 Å². The molecule has 5 heteroatoms. The molecule has 0 bridgehead atoms. The highest BCUT2D eigenvalue weighted by atomic mass is 16.5. The van der Waals surface area contributed by atoms with Crippen molar-refractivity contribution in [3.8, 4) is 0 Å². The third kappa shape index (κ3) is 3.74. The van der Waals surface area contributed by atoms with Crippen LogP contribution in [0.2, 0.25) is 0 Å². The van der Waals surface area contributed by atoms with Crippen LogP contribution in [0.5, 0.6) is 0 Å². The van der Waals surface area contributed by atoms with Crippen LogP contribution in [0.15, 0.2) is 36.5 Å². The van der Waals surface area contributed by atoms with Gasteiger partial charge in [0.15, 0.2) is 0 Å². The number of morpholine rings is 1. The van der Waals surface area contributed by atoms with E-state index in [1.807, 2.05) is 6.20 Å². The van der Waals surface area contributed by atoms with Crippen LogP contribution in [0.1, 0.15) is 22.9 Å². The van der Waals surface area contributed by atoms with Crippen LogP contribution >= 0.6 is 0 Å². The lowest BCUT2D eigenvalue weighted by Crippen LogP contribution is -2.42. The van der Waals surface area contributed by atoms with Crippen molar-refractivity contribution in [2.75, 3.05) is 32.8 Å². The van der Waals surface area contributed by atoms with E-state index in [0.717, 1.165) is 45.1 Å². The summed E-state index contributed by atoms with van der Waals surface area (Å²) in [6, 6.07) is 11.1. The van der Waals surface area contributed by atoms with E-state index in [0.29, 0.717) is 6.04 Å². The predicted molar refractivity (Wildman–Crippen MR) is 86.6 cm³/mol. The number of hydrogen-bond donors (Lipinski definition) is 2. The van der Waals surface area contributed by atoms with Gasteiger partial charge in [-0.15, -0.1) is 0 Å². The molecule has 0 saturated carbocycles. The molecule has 2 N–H and O–H groups in total. The van der Waals surface area contributed by atoms with Gasteiger partial charge in [0.2, 0.25) is 0 Å². The van der Waals surface area contributed by atoms with Crippen LogP contribution in [0.4, 0.5) is 0 Å². The monoisotopic (exact) mass is 300 g/mol. The molecule has 0 unspecified atom stereocenters. The zero-order valence-electron chi connectivity index (χ0n) is 13.1. The van der Waals surface area contributed by atoms with E-state index in [2.05, 4.69) is 57.7 Å². The maximum atomic E-state index is 5.49. The Kier molecular flexibility index (Phi) is 5.21. The SMILES string of the molecule is Cc1[nH]ncc1CNC[C@@H](c1ccccc1)N1CCOCC1. The minimum Gasteiger partial charge on any atom is -0.379 e. The molecule has 3 rings (SSSR count). The summed E-state index contributed by atoms with van der Waals surface area (Å²) in [5.74, 6) is 0. The fourth-order valence-corrected chi connectivity index (χ4v) is 2.92.